The monoisotopic (exact) mass is 238 g/mol. The van der Waals surface area contributed by atoms with Crippen LogP contribution in [0.25, 0.3) is 0 Å². The molecule has 94 valence electrons. The number of rotatable bonds is 3. The van der Waals surface area contributed by atoms with Crippen LogP contribution < -0.4 is 5.73 Å². The van der Waals surface area contributed by atoms with Gasteiger partial charge in [-0.15, -0.1) is 0 Å². The van der Waals surface area contributed by atoms with Crippen LogP contribution in [0.4, 0.5) is 5.82 Å². The lowest BCUT2D eigenvalue weighted by Gasteiger charge is -2.20. The number of nitrogens with zero attached hydrogens (tertiary/aromatic N) is 2. The van der Waals surface area contributed by atoms with Crippen LogP contribution in [0, 0.1) is 6.92 Å². The van der Waals surface area contributed by atoms with Crippen molar-refractivity contribution in [3.05, 3.63) is 11.3 Å². The van der Waals surface area contributed by atoms with E-state index < -0.39 is 0 Å². The van der Waals surface area contributed by atoms with E-state index in [-0.39, 0.29) is 17.8 Å². The number of hydrogen-bond donors (Lipinski definition) is 2. The Hall–Kier alpha value is -1.56. The van der Waals surface area contributed by atoms with Crippen molar-refractivity contribution in [3.8, 4) is 0 Å². The Kier molecular flexibility index (Phi) is 3.33. The van der Waals surface area contributed by atoms with Gasteiger partial charge in [0.2, 0.25) is 0 Å². The Bertz CT molecular complexity index is 390. The molecule has 1 aliphatic rings. The first-order valence-corrected chi connectivity index (χ1v) is 5.77. The highest BCUT2D eigenvalue weighted by molar-refractivity contribution is 5.99. The summed E-state index contributed by atoms with van der Waals surface area (Å²) in [5, 5.41) is 6.54. The molecule has 0 saturated carbocycles. The standard InChI is InChI=1S/C11H18N4O2/c1-7-9(10(12)14-13-7)11(16)15(2)6-8-4-3-5-17-8/h8H,3-6H2,1-2H3,(H3,12,13,14). The molecule has 1 atom stereocenters. The van der Waals surface area contributed by atoms with Crippen LogP contribution in [0.3, 0.4) is 0 Å². The molecule has 1 amide bonds. The second-order valence-corrected chi connectivity index (χ2v) is 4.43. The maximum absolute atomic E-state index is 12.2. The largest absolute Gasteiger partial charge is 0.382 e. The molecule has 0 aliphatic carbocycles. The smallest absolute Gasteiger partial charge is 0.259 e. The van der Waals surface area contributed by atoms with Gasteiger partial charge in [0.25, 0.3) is 5.91 Å². The third kappa shape index (κ3) is 2.41. The van der Waals surface area contributed by atoms with Gasteiger partial charge in [0.05, 0.1) is 6.10 Å². The SMILES string of the molecule is Cc1[nH]nc(N)c1C(=O)N(C)CC1CCCO1. The number of nitrogens with two attached hydrogens (primary N) is 1. The van der Waals surface area contributed by atoms with Crippen molar-refractivity contribution >= 4 is 11.7 Å². The van der Waals surface area contributed by atoms with Crippen molar-refractivity contribution in [2.24, 2.45) is 0 Å². The second kappa shape index (κ2) is 4.75. The van der Waals surface area contributed by atoms with Crippen molar-refractivity contribution in [3.63, 3.8) is 0 Å². The zero-order chi connectivity index (χ0) is 12.4. The molecule has 1 saturated heterocycles. The van der Waals surface area contributed by atoms with E-state index in [9.17, 15) is 4.79 Å². The third-order valence-corrected chi connectivity index (χ3v) is 3.04. The topological polar surface area (TPSA) is 84.2 Å². The van der Waals surface area contributed by atoms with Crippen LogP contribution in [0.2, 0.25) is 0 Å². The summed E-state index contributed by atoms with van der Waals surface area (Å²) in [5.41, 5.74) is 6.83. The Morgan fingerprint density at radius 3 is 3.00 bits per heavy atom. The van der Waals surface area contributed by atoms with E-state index in [1.165, 1.54) is 0 Å². The van der Waals surface area contributed by atoms with Crippen LogP contribution in [0.1, 0.15) is 28.9 Å². The van der Waals surface area contributed by atoms with Gasteiger partial charge < -0.3 is 15.4 Å². The van der Waals surface area contributed by atoms with Gasteiger partial charge in [-0.3, -0.25) is 9.89 Å². The fourth-order valence-corrected chi connectivity index (χ4v) is 2.09. The Morgan fingerprint density at radius 2 is 2.47 bits per heavy atom. The molecule has 6 nitrogen and oxygen atoms in total. The second-order valence-electron chi connectivity index (χ2n) is 4.43. The molecule has 2 heterocycles. The number of carbonyl (C=O) groups excluding carboxylic acids is 1. The molecule has 0 radical (unpaired) electrons. The molecule has 6 heteroatoms. The highest BCUT2D eigenvalue weighted by atomic mass is 16.5. The zero-order valence-electron chi connectivity index (χ0n) is 10.2. The lowest BCUT2D eigenvalue weighted by molar-refractivity contribution is 0.0587. The lowest BCUT2D eigenvalue weighted by Crippen LogP contribution is -2.34. The first-order valence-electron chi connectivity index (χ1n) is 5.77. The molecular weight excluding hydrogens is 220 g/mol. The number of likely N-dealkylation sites (N-methyl/N-ethyl adjacent to an activating group) is 1. The van der Waals surface area contributed by atoms with E-state index in [1.54, 1.807) is 18.9 Å². The normalized spacial score (nSPS) is 19.5. The minimum Gasteiger partial charge on any atom is -0.382 e. The van der Waals surface area contributed by atoms with Crippen molar-refractivity contribution in [1.82, 2.24) is 15.1 Å². The summed E-state index contributed by atoms with van der Waals surface area (Å²) in [7, 11) is 1.76. The van der Waals surface area contributed by atoms with E-state index in [0.717, 1.165) is 19.4 Å². The number of anilines is 1. The van der Waals surface area contributed by atoms with Crippen LogP contribution in [0.5, 0.6) is 0 Å². The Morgan fingerprint density at radius 1 is 1.71 bits per heavy atom. The molecule has 0 bridgehead atoms. The summed E-state index contributed by atoms with van der Waals surface area (Å²) in [6, 6.07) is 0. The fraction of sp³-hybridized carbons (Fsp3) is 0.636. The van der Waals surface area contributed by atoms with Crippen LogP contribution in [-0.4, -0.2) is 47.3 Å². The average Bonchev–Trinajstić information content (AvgIpc) is 2.89. The highest BCUT2D eigenvalue weighted by Gasteiger charge is 2.24. The van der Waals surface area contributed by atoms with E-state index in [4.69, 9.17) is 10.5 Å². The number of aryl methyl sites for hydroxylation is 1. The Balaban J connectivity index is 2.04. The van der Waals surface area contributed by atoms with Crippen molar-refractivity contribution in [1.29, 1.82) is 0 Å². The number of aromatic amines is 1. The minimum atomic E-state index is -0.107. The van der Waals surface area contributed by atoms with Crippen molar-refractivity contribution < 1.29 is 9.53 Å². The highest BCUT2D eigenvalue weighted by Crippen LogP contribution is 2.17. The van der Waals surface area contributed by atoms with E-state index >= 15 is 0 Å². The molecule has 0 spiro atoms. The maximum Gasteiger partial charge on any atom is 0.259 e. The van der Waals surface area contributed by atoms with E-state index in [1.807, 2.05) is 0 Å². The summed E-state index contributed by atoms with van der Waals surface area (Å²) in [6.07, 6.45) is 2.23. The van der Waals surface area contributed by atoms with Crippen LogP contribution >= 0.6 is 0 Å². The molecule has 17 heavy (non-hydrogen) atoms. The third-order valence-electron chi connectivity index (χ3n) is 3.04. The molecule has 2 rings (SSSR count). The van der Waals surface area contributed by atoms with Gasteiger partial charge in [0.15, 0.2) is 5.82 Å². The molecule has 1 aromatic heterocycles. The van der Waals surface area contributed by atoms with Crippen LogP contribution in [-0.2, 0) is 4.74 Å². The summed E-state index contributed by atoms with van der Waals surface area (Å²) < 4.78 is 5.50. The number of nitrogens with one attached hydrogen (secondary N) is 1. The molecule has 1 aliphatic heterocycles. The fourth-order valence-electron chi connectivity index (χ4n) is 2.09. The summed E-state index contributed by atoms with van der Waals surface area (Å²) in [4.78, 5) is 13.8. The number of aromatic nitrogens is 2. The number of ether oxygens (including phenoxy) is 1. The molecular formula is C11H18N4O2. The summed E-state index contributed by atoms with van der Waals surface area (Å²) in [6.45, 7) is 3.18. The van der Waals surface area contributed by atoms with Gasteiger partial charge in [-0.1, -0.05) is 0 Å². The molecule has 1 unspecified atom stereocenters. The van der Waals surface area contributed by atoms with Gasteiger partial charge in [-0.2, -0.15) is 5.10 Å². The number of hydrogen-bond acceptors (Lipinski definition) is 4. The Labute approximate surface area is 100 Å². The number of H-pyrrole nitrogens is 1. The van der Waals surface area contributed by atoms with Crippen molar-refractivity contribution in [2.75, 3.05) is 25.9 Å². The number of carbonyl (C=O) groups is 1. The predicted octanol–water partition coefficient (Wildman–Crippen LogP) is 0.551. The predicted molar refractivity (Wildman–Crippen MR) is 63.7 cm³/mol. The average molecular weight is 238 g/mol. The van der Waals surface area contributed by atoms with E-state index in [0.29, 0.717) is 17.8 Å². The van der Waals surface area contributed by atoms with Gasteiger partial charge in [-0.05, 0) is 19.8 Å². The molecule has 1 aromatic rings. The lowest BCUT2D eigenvalue weighted by atomic mass is 10.2. The molecule has 1 fully saturated rings. The molecule has 3 N–H and O–H groups in total. The summed E-state index contributed by atoms with van der Waals surface area (Å²) >= 11 is 0. The summed E-state index contributed by atoms with van der Waals surface area (Å²) in [5.74, 6) is 0.149. The maximum atomic E-state index is 12.2. The zero-order valence-corrected chi connectivity index (χ0v) is 10.2. The minimum absolute atomic E-state index is 0.107. The number of amides is 1. The van der Waals surface area contributed by atoms with Crippen LogP contribution in [0.15, 0.2) is 0 Å². The van der Waals surface area contributed by atoms with Gasteiger partial charge in [-0.25, -0.2) is 0 Å². The van der Waals surface area contributed by atoms with Crippen molar-refractivity contribution in [2.45, 2.75) is 25.9 Å². The van der Waals surface area contributed by atoms with E-state index in [2.05, 4.69) is 10.2 Å². The number of nitrogen functional groups attached to an aromatic ring is 1. The van der Waals surface area contributed by atoms with Gasteiger partial charge in [0.1, 0.15) is 5.56 Å². The van der Waals surface area contributed by atoms with Gasteiger partial charge in [0, 0.05) is 25.9 Å². The first kappa shape index (κ1) is 11.9. The molecule has 0 aromatic carbocycles. The van der Waals surface area contributed by atoms with Gasteiger partial charge >= 0.3 is 0 Å². The first-order chi connectivity index (χ1) is 8.09. The quantitative estimate of drug-likeness (QED) is 0.805.